The molecule has 24 heteroatoms. The van der Waals surface area contributed by atoms with Crippen LogP contribution in [-0.2, 0) is 25.2 Å². The van der Waals surface area contributed by atoms with Gasteiger partial charge in [-0.15, -0.1) is 0 Å². The van der Waals surface area contributed by atoms with Crippen molar-refractivity contribution in [2.45, 2.75) is 132 Å². The van der Waals surface area contributed by atoms with Crippen molar-refractivity contribution in [1.82, 2.24) is 40.4 Å². The van der Waals surface area contributed by atoms with Gasteiger partial charge in [0, 0.05) is 73.9 Å². The number of anilines is 3. The summed E-state index contributed by atoms with van der Waals surface area (Å²) in [7, 11) is 2.50. The van der Waals surface area contributed by atoms with Crippen LogP contribution in [0, 0.1) is 35.1 Å². The molecular weight excluding hydrogens is 1120 g/mol. The number of hydrogen-bond donors (Lipinski definition) is 4. The van der Waals surface area contributed by atoms with Crippen molar-refractivity contribution in [2.24, 2.45) is 11.8 Å². The zero-order chi connectivity index (χ0) is 59.4. The van der Waals surface area contributed by atoms with Gasteiger partial charge < -0.3 is 54.6 Å². The van der Waals surface area contributed by atoms with Gasteiger partial charge in [0.05, 0.1) is 66.0 Å². The Hall–Kier alpha value is -7.79. The highest BCUT2D eigenvalue weighted by Gasteiger charge is 2.44. The minimum Gasteiger partial charge on any atom is -0.453 e. The number of likely N-dealkylation sites (tertiary alicyclic amines) is 2. The normalized spacial score (nSPS) is 22.3. The lowest BCUT2D eigenvalue weighted by Gasteiger charge is -2.38. The molecule has 6 aliphatic rings. The second-order valence-electron chi connectivity index (χ2n) is 23.5. The molecule has 4 N–H and O–H groups in total. The van der Waals surface area contributed by atoms with Gasteiger partial charge in [0.1, 0.15) is 41.1 Å². The van der Waals surface area contributed by atoms with E-state index in [1.807, 2.05) is 4.90 Å². The van der Waals surface area contributed by atoms with Crippen LogP contribution >= 0.6 is 0 Å². The first-order chi connectivity index (χ1) is 41.0. The van der Waals surface area contributed by atoms with Crippen LogP contribution in [0.1, 0.15) is 142 Å². The number of benzene rings is 4. The Bertz CT molecular complexity index is 3300. The fourth-order valence-corrected chi connectivity index (χ4v) is 14.5. The number of nitrogens with zero attached hydrogens (tertiary/aromatic N) is 7. The van der Waals surface area contributed by atoms with Crippen molar-refractivity contribution in [3.05, 3.63) is 112 Å². The number of alkyl carbamates (subject to hydrolysis) is 2. The number of fused-ring (bicyclic) bond motifs is 2. The van der Waals surface area contributed by atoms with Crippen molar-refractivity contribution >= 4 is 63.1 Å². The fourth-order valence-electron chi connectivity index (χ4n) is 14.5. The molecule has 0 radical (unpaired) electrons. The number of H-pyrrole nitrogens is 2. The monoisotopic (exact) mass is 1180 g/mol. The molecule has 0 unspecified atom stereocenters. The number of carbonyl (C=O) groups is 4. The first-order valence-corrected chi connectivity index (χ1v) is 29.6. The minimum absolute atomic E-state index is 0.0132. The lowest BCUT2D eigenvalue weighted by Crippen LogP contribution is -2.51. The van der Waals surface area contributed by atoms with Crippen LogP contribution in [-0.4, -0.2) is 119 Å². The van der Waals surface area contributed by atoms with Crippen LogP contribution in [0.2, 0.25) is 0 Å². The molecule has 17 nitrogen and oxygen atoms in total. The van der Waals surface area contributed by atoms with Gasteiger partial charge >= 0.3 is 18.4 Å². The van der Waals surface area contributed by atoms with E-state index in [1.165, 1.54) is 55.5 Å². The number of aromatic amines is 2. The van der Waals surface area contributed by atoms with E-state index in [-0.39, 0.29) is 96.2 Å². The number of ether oxygens (including phenoxy) is 2. The maximum absolute atomic E-state index is 17.1. The van der Waals surface area contributed by atoms with Gasteiger partial charge in [-0.2, -0.15) is 13.2 Å². The van der Waals surface area contributed by atoms with Crippen molar-refractivity contribution in [2.75, 3.05) is 68.2 Å². The molecule has 4 amide bonds. The second kappa shape index (κ2) is 23.6. The zero-order valence-electron chi connectivity index (χ0n) is 47.3. The van der Waals surface area contributed by atoms with Crippen LogP contribution in [0.3, 0.4) is 0 Å². The highest BCUT2D eigenvalue weighted by Crippen LogP contribution is 2.50. The molecule has 4 aromatic carbocycles. The van der Waals surface area contributed by atoms with Gasteiger partial charge in [-0.25, -0.2) is 37.1 Å². The summed E-state index contributed by atoms with van der Waals surface area (Å²) in [6.45, 7) is 1.59. The van der Waals surface area contributed by atoms with E-state index in [1.54, 1.807) is 26.8 Å². The van der Waals surface area contributed by atoms with Crippen molar-refractivity contribution in [3.63, 3.8) is 0 Å². The highest BCUT2D eigenvalue weighted by molar-refractivity contribution is 5.88. The molecule has 12 rings (SSSR count). The molecule has 4 saturated heterocycles. The first-order valence-electron chi connectivity index (χ1n) is 29.6. The Morgan fingerprint density at radius 3 is 1.39 bits per heavy atom. The van der Waals surface area contributed by atoms with Crippen LogP contribution in [0.15, 0.2) is 60.7 Å². The zero-order valence-corrected chi connectivity index (χ0v) is 47.3. The smallest absolute Gasteiger partial charge is 0.416 e. The molecular formula is C61H68F7N11O6. The summed E-state index contributed by atoms with van der Waals surface area (Å²) in [5, 5.41) is 5.56. The lowest BCUT2D eigenvalue weighted by atomic mass is 9.96. The molecule has 2 aliphatic carbocycles. The fraction of sp³-hybridized carbons (Fsp3) is 0.508. The maximum atomic E-state index is 17.1. The molecule has 6 fully saturated rings. The molecule has 85 heavy (non-hydrogen) atoms. The van der Waals surface area contributed by atoms with Crippen molar-refractivity contribution < 1.29 is 59.4 Å². The van der Waals surface area contributed by atoms with Crippen LogP contribution in [0.4, 0.5) is 57.4 Å². The third-order valence-electron chi connectivity index (χ3n) is 18.7. The molecule has 2 saturated carbocycles. The molecule has 2 aromatic heterocycles. The van der Waals surface area contributed by atoms with Crippen LogP contribution < -0.4 is 25.3 Å². The van der Waals surface area contributed by atoms with E-state index in [0.29, 0.717) is 67.1 Å². The van der Waals surface area contributed by atoms with Crippen molar-refractivity contribution in [1.29, 1.82) is 0 Å². The van der Waals surface area contributed by atoms with Crippen LogP contribution in [0.25, 0.3) is 22.1 Å². The molecule has 4 aliphatic heterocycles. The summed E-state index contributed by atoms with van der Waals surface area (Å²) in [6, 6.07) is 8.36. The van der Waals surface area contributed by atoms with E-state index in [2.05, 4.69) is 20.6 Å². The van der Waals surface area contributed by atoms with Gasteiger partial charge in [0.15, 0.2) is 11.6 Å². The molecule has 6 atom stereocenters. The summed E-state index contributed by atoms with van der Waals surface area (Å²) in [4.78, 5) is 78.4. The number of carbonyl (C=O) groups excluding carboxylic acids is 4. The van der Waals surface area contributed by atoms with E-state index in [9.17, 15) is 32.3 Å². The summed E-state index contributed by atoms with van der Waals surface area (Å²) < 4.78 is 118. The summed E-state index contributed by atoms with van der Waals surface area (Å²) >= 11 is 0. The third-order valence-corrected chi connectivity index (χ3v) is 18.7. The second-order valence-corrected chi connectivity index (χ2v) is 23.5. The topological polar surface area (TPSA) is 184 Å². The minimum atomic E-state index is -4.51. The van der Waals surface area contributed by atoms with Gasteiger partial charge in [0.25, 0.3) is 0 Å². The Kier molecular flexibility index (Phi) is 16.0. The van der Waals surface area contributed by atoms with E-state index >= 15 is 17.6 Å². The van der Waals surface area contributed by atoms with Gasteiger partial charge in [0.2, 0.25) is 11.8 Å². The van der Waals surface area contributed by atoms with E-state index in [0.717, 1.165) is 63.5 Å². The van der Waals surface area contributed by atoms with Crippen LogP contribution in [0.5, 0.6) is 0 Å². The van der Waals surface area contributed by atoms with E-state index in [4.69, 9.17) is 19.4 Å². The van der Waals surface area contributed by atoms with Crippen molar-refractivity contribution in [3.8, 4) is 0 Å². The van der Waals surface area contributed by atoms with E-state index < -0.39 is 83.4 Å². The number of aromatic nitrogens is 4. The lowest BCUT2D eigenvalue weighted by molar-refractivity contribution is -0.138. The number of imidazole rings is 2. The number of halogens is 7. The predicted octanol–water partition coefficient (Wildman–Crippen LogP) is 11.6. The Labute approximate surface area is 485 Å². The SMILES string of the molecule is COC(=O)N[C@H](C(=O)N1CCC[C@H]1c1nc2cc(F)c([C@H]3CC[C@H](c4cc5[nH]c([C@@H]6CCCN6C(=O)[C@@H](NC(=O)OC)C6CCCC6)nc5cc4F)N3c3cc(F)c(N4CCN(c5ccc(C(F)(F)F)cc5)CC4)c(F)c3)cc2[nH]1)C1CCCC1. The Morgan fingerprint density at radius 2 is 0.965 bits per heavy atom. The Balaban J connectivity index is 0.867. The number of piperazine rings is 1. The molecule has 452 valence electrons. The summed E-state index contributed by atoms with van der Waals surface area (Å²) in [5.41, 5.74) is 1.15. The maximum Gasteiger partial charge on any atom is 0.416 e. The number of methoxy groups -OCH3 is 2. The standard InChI is InChI=1S/C61H68F7N11O6/c1-84-59(82)73-52(33-9-3-4-10-33)57(80)77-21-7-13-50(77)55-69-44-29-38(40(62)31-46(44)71-55)48-19-20-49(79(48)37-27-42(64)54(43(65)28-37)76-25-23-75(24-26-76)36-17-15-35(16-18-36)61(66,67)68)39-30-45-47(32-41(39)63)72-56(70-45)51-14-8-22-78(51)58(81)53(74-60(83)85-2)34-11-5-6-12-34/h15-18,27-34,48-53H,3-14,19-26H2,1-2H3,(H,69,71)(H,70,72)(H,73,82)(H,74,83)/t48-,49-,50+,51+,52+,53+/m1/s1. The predicted molar refractivity (Wildman–Crippen MR) is 301 cm³/mol. The molecule has 6 heterocycles. The number of amides is 4. The average molecular weight is 1180 g/mol. The summed E-state index contributed by atoms with van der Waals surface area (Å²) in [5.74, 6) is -2.99. The quantitative estimate of drug-likeness (QED) is 0.0807. The number of hydrogen-bond acceptors (Lipinski definition) is 11. The number of alkyl halides is 3. The van der Waals surface area contributed by atoms with Gasteiger partial charge in [-0.05, 0) is 125 Å². The average Bonchev–Trinajstić information content (AvgIpc) is 1.99. The van der Waals surface area contributed by atoms with Gasteiger partial charge in [-0.1, -0.05) is 25.7 Å². The number of nitrogens with one attached hydrogen (secondary N) is 4. The highest BCUT2D eigenvalue weighted by atomic mass is 19.4. The first kappa shape index (κ1) is 57.6. The molecule has 6 aromatic rings. The molecule has 0 bridgehead atoms. The largest absolute Gasteiger partial charge is 0.453 e. The third kappa shape index (κ3) is 11.2. The summed E-state index contributed by atoms with van der Waals surface area (Å²) in [6.07, 6.45) is 3.76. The Morgan fingerprint density at radius 1 is 0.529 bits per heavy atom. The number of rotatable bonds is 13. The van der Waals surface area contributed by atoms with Gasteiger partial charge in [-0.3, -0.25) is 9.59 Å². The molecule has 0 spiro atoms.